The molecule has 3 N–H and O–H groups in total. The molecule has 0 unspecified atom stereocenters. The quantitative estimate of drug-likeness (QED) is 0.845. The van der Waals surface area contributed by atoms with Gasteiger partial charge in [0.05, 0.1) is 10.6 Å². The normalized spacial score (nSPS) is 10.3. The lowest BCUT2D eigenvalue weighted by Gasteiger charge is -2.21. The fraction of sp³-hybridized carbons (Fsp3) is 0.417. The minimum absolute atomic E-state index is 0.0296. The Hall–Kier alpha value is -1.26. The van der Waals surface area contributed by atoms with Crippen LogP contribution in [-0.4, -0.2) is 35.5 Å². The van der Waals surface area contributed by atoms with Crippen molar-refractivity contribution >= 4 is 17.5 Å². The van der Waals surface area contributed by atoms with E-state index in [1.807, 2.05) is 6.92 Å². The molecule has 0 aliphatic heterocycles. The van der Waals surface area contributed by atoms with Gasteiger partial charge >= 0.3 is 0 Å². The third-order valence-corrected chi connectivity index (χ3v) is 2.69. The maximum atomic E-state index is 12.2. The third kappa shape index (κ3) is 3.61. The zero-order valence-electron chi connectivity index (χ0n) is 9.82. The summed E-state index contributed by atoms with van der Waals surface area (Å²) in [4.78, 5) is 13.8. The van der Waals surface area contributed by atoms with Gasteiger partial charge in [-0.1, -0.05) is 18.5 Å². The molecule has 0 bridgehead atoms. The SMILES string of the molecule is CCCN(CCN)C(=O)c1cc(O)ccc1Cl. The Labute approximate surface area is 106 Å². The summed E-state index contributed by atoms with van der Waals surface area (Å²) in [6.45, 7) is 3.50. The van der Waals surface area contributed by atoms with Crippen molar-refractivity contribution in [1.82, 2.24) is 4.90 Å². The van der Waals surface area contributed by atoms with Gasteiger partial charge in [0.25, 0.3) is 5.91 Å². The van der Waals surface area contributed by atoms with Crippen LogP contribution in [-0.2, 0) is 0 Å². The molecule has 0 heterocycles. The summed E-state index contributed by atoms with van der Waals surface area (Å²) in [5.74, 6) is -0.167. The topological polar surface area (TPSA) is 66.6 Å². The van der Waals surface area contributed by atoms with Crippen LogP contribution < -0.4 is 5.73 Å². The standard InChI is InChI=1S/C12H17ClN2O2/c1-2-6-15(7-5-14)12(17)10-8-9(16)3-4-11(10)13/h3-4,8,16H,2,5-7,14H2,1H3. The van der Waals surface area contributed by atoms with Crippen LogP contribution in [0.2, 0.25) is 5.02 Å². The molecule has 0 spiro atoms. The zero-order valence-corrected chi connectivity index (χ0v) is 10.6. The van der Waals surface area contributed by atoms with E-state index in [1.54, 1.807) is 4.90 Å². The summed E-state index contributed by atoms with van der Waals surface area (Å²) >= 11 is 5.95. The smallest absolute Gasteiger partial charge is 0.255 e. The predicted molar refractivity (Wildman–Crippen MR) is 68.4 cm³/mol. The Morgan fingerprint density at radius 1 is 1.47 bits per heavy atom. The first-order valence-corrected chi connectivity index (χ1v) is 5.95. The molecule has 94 valence electrons. The molecule has 5 heteroatoms. The van der Waals surface area contributed by atoms with Crippen LogP contribution in [0.1, 0.15) is 23.7 Å². The van der Waals surface area contributed by atoms with Crippen LogP contribution in [0.3, 0.4) is 0 Å². The number of nitrogens with zero attached hydrogens (tertiary/aromatic N) is 1. The second kappa shape index (κ2) is 6.47. The fourth-order valence-corrected chi connectivity index (χ4v) is 1.79. The molecule has 4 nitrogen and oxygen atoms in total. The van der Waals surface area contributed by atoms with Gasteiger partial charge in [0, 0.05) is 19.6 Å². The number of hydrogen-bond donors (Lipinski definition) is 2. The van der Waals surface area contributed by atoms with E-state index in [0.717, 1.165) is 6.42 Å². The minimum Gasteiger partial charge on any atom is -0.508 e. The van der Waals surface area contributed by atoms with Crippen molar-refractivity contribution in [1.29, 1.82) is 0 Å². The molecule has 17 heavy (non-hydrogen) atoms. The maximum absolute atomic E-state index is 12.2. The first kappa shape index (κ1) is 13.8. The number of amides is 1. The van der Waals surface area contributed by atoms with Crippen molar-refractivity contribution < 1.29 is 9.90 Å². The number of aromatic hydroxyl groups is 1. The molecular weight excluding hydrogens is 240 g/mol. The van der Waals surface area contributed by atoms with E-state index in [9.17, 15) is 9.90 Å². The van der Waals surface area contributed by atoms with Gasteiger partial charge in [0.1, 0.15) is 5.75 Å². The predicted octanol–water partition coefficient (Wildman–Crippen LogP) is 1.86. The van der Waals surface area contributed by atoms with E-state index in [0.29, 0.717) is 30.2 Å². The monoisotopic (exact) mass is 256 g/mol. The number of phenols is 1. The van der Waals surface area contributed by atoms with Crippen molar-refractivity contribution in [2.75, 3.05) is 19.6 Å². The highest BCUT2D eigenvalue weighted by Crippen LogP contribution is 2.22. The number of phenolic OH excluding ortho intramolecular Hbond substituents is 1. The van der Waals surface area contributed by atoms with Crippen molar-refractivity contribution in [2.45, 2.75) is 13.3 Å². The first-order chi connectivity index (χ1) is 8.10. The van der Waals surface area contributed by atoms with Gasteiger partial charge in [-0.05, 0) is 24.6 Å². The molecule has 1 amide bonds. The Morgan fingerprint density at radius 2 is 2.18 bits per heavy atom. The van der Waals surface area contributed by atoms with Gasteiger partial charge < -0.3 is 15.7 Å². The number of nitrogens with two attached hydrogens (primary N) is 1. The molecule has 1 rings (SSSR count). The molecule has 0 fully saturated rings. The van der Waals surface area contributed by atoms with Gasteiger partial charge in [0.2, 0.25) is 0 Å². The molecule has 0 aliphatic rings. The van der Waals surface area contributed by atoms with Gasteiger partial charge in [-0.2, -0.15) is 0 Å². The van der Waals surface area contributed by atoms with Crippen LogP contribution in [0.25, 0.3) is 0 Å². The number of halogens is 1. The van der Waals surface area contributed by atoms with Gasteiger partial charge in [-0.15, -0.1) is 0 Å². The zero-order chi connectivity index (χ0) is 12.8. The molecule has 0 saturated heterocycles. The summed E-state index contributed by atoms with van der Waals surface area (Å²) in [5.41, 5.74) is 5.78. The largest absolute Gasteiger partial charge is 0.508 e. The second-order valence-corrected chi connectivity index (χ2v) is 4.15. The van der Waals surface area contributed by atoms with Gasteiger partial charge in [-0.3, -0.25) is 4.79 Å². The summed E-state index contributed by atoms with van der Waals surface area (Å²) in [6, 6.07) is 4.34. The molecular formula is C12H17ClN2O2. The highest BCUT2D eigenvalue weighted by molar-refractivity contribution is 6.33. The molecule has 0 atom stereocenters. The lowest BCUT2D eigenvalue weighted by atomic mass is 10.1. The van der Waals surface area contributed by atoms with Gasteiger partial charge in [-0.25, -0.2) is 0 Å². The van der Waals surface area contributed by atoms with E-state index in [-0.39, 0.29) is 11.7 Å². The van der Waals surface area contributed by atoms with E-state index in [1.165, 1.54) is 18.2 Å². The fourth-order valence-electron chi connectivity index (χ4n) is 1.59. The maximum Gasteiger partial charge on any atom is 0.255 e. The van der Waals surface area contributed by atoms with E-state index < -0.39 is 0 Å². The van der Waals surface area contributed by atoms with Crippen LogP contribution in [0.4, 0.5) is 0 Å². The number of hydrogen-bond acceptors (Lipinski definition) is 3. The van der Waals surface area contributed by atoms with Gasteiger partial charge in [0.15, 0.2) is 0 Å². The molecule has 0 saturated carbocycles. The number of benzene rings is 1. The third-order valence-electron chi connectivity index (χ3n) is 2.36. The van der Waals surface area contributed by atoms with Crippen molar-refractivity contribution in [3.8, 4) is 5.75 Å². The minimum atomic E-state index is -0.196. The highest BCUT2D eigenvalue weighted by Gasteiger charge is 2.17. The lowest BCUT2D eigenvalue weighted by molar-refractivity contribution is 0.0760. The van der Waals surface area contributed by atoms with E-state index >= 15 is 0 Å². The highest BCUT2D eigenvalue weighted by atomic mass is 35.5. The van der Waals surface area contributed by atoms with Crippen LogP contribution in [0, 0.1) is 0 Å². The average Bonchev–Trinajstić information content (AvgIpc) is 2.31. The lowest BCUT2D eigenvalue weighted by Crippen LogP contribution is -2.36. The summed E-state index contributed by atoms with van der Waals surface area (Å²) in [5, 5.41) is 9.71. The number of rotatable bonds is 5. The number of carbonyl (C=O) groups is 1. The summed E-state index contributed by atoms with van der Waals surface area (Å²) in [7, 11) is 0. The number of carbonyl (C=O) groups excluding carboxylic acids is 1. The summed E-state index contributed by atoms with van der Waals surface area (Å²) in [6.07, 6.45) is 0.849. The first-order valence-electron chi connectivity index (χ1n) is 5.58. The van der Waals surface area contributed by atoms with Crippen LogP contribution >= 0.6 is 11.6 Å². The Morgan fingerprint density at radius 3 is 2.76 bits per heavy atom. The molecule has 1 aromatic rings. The molecule has 0 aliphatic carbocycles. The van der Waals surface area contributed by atoms with E-state index in [4.69, 9.17) is 17.3 Å². The van der Waals surface area contributed by atoms with E-state index in [2.05, 4.69) is 0 Å². The Bertz CT molecular complexity index is 390. The van der Waals surface area contributed by atoms with Crippen molar-refractivity contribution in [3.63, 3.8) is 0 Å². The second-order valence-electron chi connectivity index (χ2n) is 3.75. The van der Waals surface area contributed by atoms with Crippen LogP contribution in [0.15, 0.2) is 18.2 Å². The summed E-state index contributed by atoms with van der Waals surface area (Å²) < 4.78 is 0. The molecule has 1 aromatic carbocycles. The Balaban J connectivity index is 2.95. The van der Waals surface area contributed by atoms with Crippen molar-refractivity contribution in [3.05, 3.63) is 28.8 Å². The molecule has 0 aromatic heterocycles. The molecule has 0 radical (unpaired) electrons. The van der Waals surface area contributed by atoms with Crippen molar-refractivity contribution in [2.24, 2.45) is 5.73 Å². The average molecular weight is 257 g/mol. The Kier molecular flexibility index (Phi) is 5.25. The van der Waals surface area contributed by atoms with Crippen LogP contribution in [0.5, 0.6) is 5.75 Å².